The molecule has 1 unspecified atom stereocenters. The van der Waals surface area contributed by atoms with Crippen LogP contribution in [0.4, 0.5) is 0 Å². The largest absolute Gasteiger partial charge is 0.341 e. The van der Waals surface area contributed by atoms with E-state index in [1.807, 2.05) is 18.1 Å². The molecule has 1 aliphatic heterocycles. The Labute approximate surface area is 170 Å². The average molecular weight is 411 g/mol. The molecular formula is C19H24Cl2N4O2. The van der Waals surface area contributed by atoms with E-state index in [0.29, 0.717) is 36.5 Å². The van der Waals surface area contributed by atoms with Gasteiger partial charge < -0.3 is 10.2 Å². The molecule has 146 valence electrons. The van der Waals surface area contributed by atoms with Crippen molar-refractivity contribution < 1.29 is 9.59 Å². The number of ketones is 1. The van der Waals surface area contributed by atoms with Crippen LogP contribution >= 0.6 is 24.0 Å². The van der Waals surface area contributed by atoms with Gasteiger partial charge in [0.2, 0.25) is 5.91 Å². The van der Waals surface area contributed by atoms with Gasteiger partial charge in [-0.2, -0.15) is 5.10 Å². The first-order valence-corrected chi connectivity index (χ1v) is 9.11. The number of carbonyl (C=O) groups is 2. The lowest BCUT2D eigenvalue weighted by Crippen LogP contribution is -2.45. The number of rotatable bonds is 5. The van der Waals surface area contributed by atoms with Crippen molar-refractivity contribution in [2.75, 3.05) is 20.1 Å². The fourth-order valence-electron chi connectivity index (χ4n) is 3.42. The first-order chi connectivity index (χ1) is 12.5. The second-order valence-corrected chi connectivity index (χ2v) is 7.08. The Balaban J connectivity index is 0.00000261. The van der Waals surface area contributed by atoms with Crippen molar-refractivity contribution in [2.45, 2.75) is 18.9 Å². The normalized spacial score (nSPS) is 15.9. The molecule has 1 fully saturated rings. The van der Waals surface area contributed by atoms with Gasteiger partial charge in [0.15, 0.2) is 5.78 Å². The third-order valence-electron chi connectivity index (χ3n) is 4.90. The summed E-state index contributed by atoms with van der Waals surface area (Å²) in [6.45, 7) is 1.17. The molecule has 3 rings (SSSR count). The number of Topliss-reactive ketones (excluding diaryl/α,β-unsaturated/α-hetero) is 1. The smallest absolute Gasteiger partial charge is 0.244 e. The number of piperidine rings is 1. The predicted molar refractivity (Wildman–Crippen MR) is 107 cm³/mol. The number of amides is 1. The molecule has 1 aliphatic rings. The molecule has 0 radical (unpaired) electrons. The number of hydrogen-bond donors (Lipinski definition) is 1. The number of aromatic nitrogens is 2. The van der Waals surface area contributed by atoms with Crippen molar-refractivity contribution in [3.8, 4) is 0 Å². The minimum absolute atomic E-state index is 0. The minimum Gasteiger partial charge on any atom is -0.341 e. The summed E-state index contributed by atoms with van der Waals surface area (Å²) in [6.07, 6.45) is 4.90. The Kier molecular flexibility index (Phi) is 7.41. The van der Waals surface area contributed by atoms with Gasteiger partial charge in [0.1, 0.15) is 6.04 Å². The van der Waals surface area contributed by atoms with Crippen LogP contribution in [0.1, 0.15) is 34.8 Å². The molecule has 6 nitrogen and oxygen atoms in total. The van der Waals surface area contributed by atoms with Gasteiger partial charge in [-0.25, -0.2) is 0 Å². The second kappa shape index (κ2) is 9.35. The molecule has 8 heteroatoms. The number of halogens is 2. The number of carbonyl (C=O) groups excluding carboxylic acids is 2. The lowest BCUT2D eigenvalue weighted by atomic mass is 9.88. The molecular weight excluding hydrogens is 387 g/mol. The molecule has 0 bridgehead atoms. The van der Waals surface area contributed by atoms with Crippen molar-refractivity contribution in [3.63, 3.8) is 0 Å². The Morgan fingerprint density at radius 1 is 1.22 bits per heavy atom. The molecule has 0 spiro atoms. The van der Waals surface area contributed by atoms with Crippen LogP contribution in [-0.2, 0) is 11.8 Å². The molecule has 0 saturated carbocycles. The third-order valence-corrected chi connectivity index (χ3v) is 5.15. The van der Waals surface area contributed by atoms with E-state index in [2.05, 4.69) is 10.4 Å². The van der Waals surface area contributed by atoms with Crippen molar-refractivity contribution in [1.82, 2.24) is 20.0 Å². The highest BCUT2D eigenvalue weighted by molar-refractivity contribution is 6.30. The molecule has 0 aliphatic carbocycles. The number of nitrogens with zero attached hydrogens (tertiary/aromatic N) is 3. The van der Waals surface area contributed by atoms with Crippen LogP contribution in [-0.4, -0.2) is 46.5 Å². The summed E-state index contributed by atoms with van der Waals surface area (Å²) in [5, 5.41) is 7.83. The Bertz CT molecular complexity index is 783. The van der Waals surface area contributed by atoms with E-state index in [1.165, 1.54) is 0 Å². The van der Waals surface area contributed by atoms with E-state index in [1.54, 1.807) is 42.2 Å². The molecule has 1 atom stereocenters. The van der Waals surface area contributed by atoms with Crippen LogP contribution in [0, 0.1) is 5.92 Å². The number of benzene rings is 1. The highest BCUT2D eigenvalue weighted by Gasteiger charge is 2.31. The van der Waals surface area contributed by atoms with E-state index in [4.69, 9.17) is 11.6 Å². The van der Waals surface area contributed by atoms with Crippen LogP contribution in [0.3, 0.4) is 0 Å². The maximum absolute atomic E-state index is 12.8. The Morgan fingerprint density at radius 3 is 2.37 bits per heavy atom. The van der Waals surface area contributed by atoms with Crippen LogP contribution in [0.2, 0.25) is 5.02 Å². The molecule has 1 amide bonds. The summed E-state index contributed by atoms with van der Waals surface area (Å²) in [4.78, 5) is 27.3. The van der Waals surface area contributed by atoms with Gasteiger partial charge >= 0.3 is 0 Å². The summed E-state index contributed by atoms with van der Waals surface area (Å²) in [5.74, 6) is 0.107. The van der Waals surface area contributed by atoms with Gasteiger partial charge in [-0.05, 0) is 44.2 Å². The number of likely N-dealkylation sites (N-methyl/N-ethyl adjacent to an activating group) is 1. The number of hydrogen-bond acceptors (Lipinski definition) is 4. The molecule has 1 aromatic carbocycles. The zero-order chi connectivity index (χ0) is 18.7. The molecule has 1 saturated heterocycles. The molecule has 2 aromatic rings. The van der Waals surface area contributed by atoms with Crippen molar-refractivity contribution in [3.05, 3.63) is 52.8 Å². The average Bonchev–Trinajstić information content (AvgIpc) is 3.08. The van der Waals surface area contributed by atoms with Crippen LogP contribution in [0.5, 0.6) is 0 Å². The maximum atomic E-state index is 12.8. The highest BCUT2D eigenvalue weighted by atomic mass is 35.5. The van der Waals surface area contributed by atoms with E-state index in [9.17, 15) is 9.59 Å². The first-order valence-electron chi connectivity index (χ1n) is 8.74. The van der Waals surface area contributed by atoms with Crippen LogP contribution in [0.15, 0.2) is 36.7 Å². The van der Waals surface area contributed by atoms with Gasteiger partial charge in [-0.15, -0.1) is 12.4 Å². The van der Waals surface area contributed by atoms with Gasteiger partial charge in [-0.3, -0.25) is 14.3 Å². The summed E-state index contributed by atoms with van der Waals surface area (Å²) < 4.78 is 1.68. The summed E-state index contributed by atoms with van der Waals surface area (Å²) in [5.41, 5.74) is 1.53. The fraction of sp³-hybridized carbons (Fsp3) is 0.421. The van der Waals surface area contributed by atoms with Crippen molar-refractivity contribution in [1.29, 1.82) is 0 Å². The topological polar surface area (TPSA) is 67.2 Å². The minimum atomic E-state index is -0.410. The maximum Gasteiger partial charge on any atom is 0.244 e. The van der Waals surface area contributed by atoms with E-state index in [0.717, 1.165) is 5.56 Å². The lowest BCUT2D eigenvalue weighted by molar-refractivity contribution is -0.134. The summed E-state index contributed by atoms with van der Waals surface area (Å²) in [7, 11) is 3.60. The Morgan fingerprint density at radius 2 is 1.85 bits per heavy atom. The molecule has 1 aromatic heterocycles. The van der Waals surface area contributed by atoms with Gasteiger partial charge in [-0.1, -0.05) is 11.6 Å². The van der Waals surface area contributed by atoms with E-state index >= 15 is 0 Å². The summed E-state index contributed by atoms with van der Waals surface area (Å²) >= 11 is 5.88. The van der Waals surface area contributed by atoms with Gasteiger partial charge in [0.25, 0.3) is 0 Å². The predicted octanol–water partition coefficient (Wildman–Crippen LogP) is 2.88. The Hall–Kier alpha value is -1.89. The quantitative estimate of drug-likeness (QED) is 0.769. The fourth-order valence-corrected chi connectivity index (χ4v) is 3.54. The number of likely N-dealkylation sites (tertiary alicyclic amines) is 1. The monoisotopic (exact) mass is 410 g/mol. The zero-order valence-electron chi connectivity index (χ0n) is 15.4. The number of aryl methyl sites for hydroxylation is 1. The van der Waals surface area contributed by atoms with Gasteiger partial charge in [0, 0.05) is 48.4 Å². The van der Waals surface area contributed by atoms with E-state index < -0.39 is 6.04 Å². The molecule has 27 heavy (non-hydrogen) atoms. The zero-order valence-corrected chi connectivity index (χ0v) is 17.0. The van der Waals surface area contributed by atoms with Crippen LogP contribution < -0.4 is 5.32 Å². The highest BCUT2D eigenvalue weighted by Crippen LogP contribution is 2.25. The second-order valence-electron chi connectivity index (χ2n) is 6.64. The van der Waals surface area contributed by atoms with Crippen molar-refractivity contribution >= 4 is 35.7 Å². The van der Waals surface area contributed by atoms with Crippen LogP contribution in [0.25, 0.3) is 0 Å². The lowest BCUT2D eigenvalue weighted by Gasteiger charge is -2.33. The third kappa shape index (κ3) is 4.89. The molecule has 2 heterocycles. The standard InChI is InChI=1S/C19H23ClN4O2.ClH/c1-21-17(15-11-22-23(2)12-15)19(26)24-9-7-14(8-10-24)18(25)13-3-5-16(20)6-4-13;/h3-6,11-12,14,17,21H,7-10H2,1-2H3;1H. The SMILES string of the molecule is CNC(C(=O)N1CCC(C(=O)c2ccc(Cl)cc2)CC1)c1cnn(C)c1.Cl. The number of nitrogens with one attached hydrogen (secondary N) is 1. The molecule has 1 N–H and O–H groups in total. The van der Waals surface area contributed by atoms with Crippen molar-refractivity contribution in [2.24, 2.45) is 13.0 Å². The van der Waals surface area contributed by atoms with Gasteiger partial charge in [0.05, 0.1) is 6.20 Å². The first kappa shape index (κ1) is 21.4. The summed E-state index contributed by atoms with van der Waals surface area (Å²) in [6, 6.07) is 6.59. The van der Waals surface area contributed by atoms with E-state index in [-0.39, 0.29) is 30.0 Å².